The number of benzene rings is 1. The Morgan fingerprint density at radius 2 is 1.93 bits per heavy atom. The minimum Gasteiger partial charge on any atom is -0.491 e. The Balaban J connectivity index is 1.51. The highest BCUT2D eigenvalue weighted by molar-refractivity contribution is 14.1. The fourth-order valence-corrected chi connectivity index (χ4v) is 7.37. The van der Waals surface area contributed by atoms with Gasteiger partial charge in [0.25, 0.3) is 0 Å². The van der Waals surface area contributed by atoms with Gasteiger partial charge in [-0.15, -0.1) is 0 Å². The van der Waals surface area contributed by atoms with Crippen LogP contribution in [0.3, 0.4) is 0 Å². The van der Waals surface area contributed by atoms with Crippen LogP contribution in [0.15, 0.2) is 42.7 Å². The monoisotopic (exact) mass is 745 g/mol. The molecule has 0 saturated carbocycles. The average Bonchev–Trinajstić information content (AvgIpc) is 3.54. The first-order valence-corrected chi connectivity index (χ1v) is 19.1. The fraction of sp³-hybridized carbons (Fsp3) is 0.438. The highest BCUT2D eigenvalue weighted by Gasteiger charge is 2.39. The zero-order chi connectivity index (χ0) is 31.8. The standard InChI is InChI=1S/C32H41ClIN7O2Si/c1-20-28(29-26(34)16-37-40(29)6)38-30(39-31(20)41-17-21-10-9-13-36-27(21)18-41)24-14-22(11-12-25(24)33)42-19-23(15-35-5)43-44(7,8)32(2,3)4/h9-14,16,23,35H,15,17-19H2,1-8H3/t23-/m1/s1. The number of hydrogen-bond donors (Lipinski definition) is 1. The molecule has 0 bridgehead atoms. The molecule has 1 atom stereocenters. The molecule has 1 aliphatic heterocycles. The van der Waals surface area contributed by atoms with E-state index >= 15 is 0 Å². The largest absolute Gasteiger partial charge is 0.491 e. The van der Waals surface area contributed by atoms with E-state index in [2.05, 4.69) is 89.7 Å². The van der Waals surface area contributed by atoms with E-state index in [-0.39, 0.29) is 11.1 Å². The molecule has 0 amide bonds. The van der Waals surface area contributed by atoms with E-state index in [4.69, 9.17) is 30.7 Å². The molecule has 0 radical (unpaired) electrons. The van der Waals surface area contributed by atoms with Gasteiger partial charge in [0, 0.05) is 37.5 Å². The van der Waals surface area contributed by atoms with Gasteiger partial charge in [0.15, 0.2) is 14.1 Å². The topological polar surface area (TPSA) is 90.2 Å². The molecule has 0 unspecified atom stereocenters. The molecule has 3 aromatic heterocycles. The lowest BCUT2D eigenvalue weighted by Gasteiger charge is -2.39. The van der Waals surface area contributed by atoms with Crippen LogP contribution in [0.4, 0.5) is 5.82 Å². The molecule has 0 aliphatic carbocycles. The van der Waals surface area contributed by atoms with E-state index < -0.39 is 8.32 Å². The van der Waals surface area contributed by atoms with Crippen LogP contribution < -0.4 is 15.0 Å². The molecule has 4 heterocycles. The molecule has 9 nitrogen and oxygen atoms in total. The zero-order valence-corrected chi connectivity index (χ0v) is 30.6. The van der Waals surface area contributed by atoms with Crippen molar-refractivity contribution < 1.29 is 9.16 Å². The summed E-state index contributed by atoms with van der Waals surface area (Å²) in [5.41, 5.74) is 5.70. The van der Waals surface area contributed by atoms with Crippen molar-refractivity contribution >= 4 is 48.3 Å². The van der Waals surface area contributed by atoms with Gasteiger partial charge in [0.05, 0.1) is 38.8 Å². The normalized spacial score (nSPS) is 14.2. The summed E-state index contributed by atoms with van der Waals surface area (Å²) in [6, 6.07) is 9.77. The van der Waals surface area contributed by atoms with Gasteiger partial charge in [-0.1, -0.05) is 38.4 Å². The smallest absolute Gasteiger partial charge is 0.192 e. The Hall–Kier alpha value is -2.58. The Kier molecular flexibility index (Phi) is 9.71. The Morgan fingerprint density at radius 3 is 2.59 bits per heavy atom. The van der Waals surface area contributed by atoms with Crippen molar-refractivity contribution in [3.05, 3.63) is 68.1 Å². The molecule has 1 aromatic carbocycles. The predicted molar refractivity (Wildman–Crippen MR) is 188 cm³/mol. The average molecular weight is 746 g/mol. The van der Waals surface area contributed by atoms with Gasteiger partial charge in [0.1, 0.15) is 23.9 Å². The summed E-state index contributed by atoms with van der Waals surface area (Å²) >= 11 is 9.15. The molecule has 0 spiro atoms. The van der Waals surface area contributed by atoms with Crippen molar-refractivity contribution in [2.75, 3.05) is 25.1 Å². The second kappa shape index (κ2) is 13.0. The van der Waals surface area contributed by atoms with E-state index in [1.54, 1.807) is 0 Å². The number of aromatic nitrogens is 5. The molecule has 0 fully saturated rings. The van der Waals surface area contributed by atoms with Crippen LogP contribution in [-0.2, 0) is 24.6 Å². The third kappa shape index (κ3) is 6.81. The summed E-state index contributed by atoms with van der Waals surface area (Å²) in [5, 5.41) is 8.40. The van der Waals surface area contributed by atoms with Crippen LogP contribution in [0.1, 0.15) is 37.6 Å². The van der Waals surface area contributed by atoms with E-state index in [9.17, 15) is 0 Å². The molecule has 12 heteroatoms. The highest BCUT2D eigenvalue weighted by Crippen LogP contribution is 2.39. The molecule has 1 N–H and O–H groups in total. The summed E-state index contributed by atoms with van der Waals surface area (Å²) in [4.78, 5) is 17.1. The first-order valence-electron chi connectivity index (χ1n) is 14.8. The summed E-state index contributed by atoms with van der Waals surface area (Å²) in [7, 11) is 1.88. The molecule has 234 valence electrons. The van der Waals surface area contributed by atoms with Crippen LogP contribution in [0.5, 0.6) is 5.75 Å². The maximum atomic E-state index is 6.84. The summed E-state index contributed by atoms with van der Waals surface area (Å²) in [6.45, 7) is 15.8. The van der Waals surface area contributed by atoms with E-state index in [0.29, 0.717) is 41.9 Å². The second-order valence-electron chi connectivity index (χ2n) is 12.8. The first-order chi connectivity index (χ1) is 20.8. The van der Waals surface area contributed by atoms with Gasteiger partial charge in [-0.25, -0.2) is 9.97 Å². The van der Waals surface area contributed by atoms with Gasteiger partial charge in [0.2, 0.25) is 0 Å². The zero-order valence-electron chi connectivity index (χ0n) is 26.7. The van der Waals surface area contributed by atoms with Crippen molar-refractivity contribution in [3.63, 3.8) is 0 Å². The number of anilines is 1. The van der Waals surface area contributed by atoms with Gasteiger partial charge < -0.3 is 19.4 Å². The van der Waals surface area contributed by atoms with Crippen molar-refractivity contribution in [2.45, 2.75) is 65.0 Å². The predicted octanol–water partition coefficient (Wildman–Crippen LogP) is 7.01. The number of fused-ring (bicyclic) bond motifs is 1. The molecule has 4 aromatic rings. The van der Waals surface area contributed by atoms with Crippen LogP contribution in [-0.4, -0.2) is 59.4 Å². The number of halogens is 2. The van der Waals surface area contributed by atoms with Crippen LogP contribution in [0, 0.1) is 10.5 Å². The lowest BCUT2D eigenvalue weighted by Crippen LogP contribution is -2.47. The molecule has 44 heavy (non-hydrogen) atoms. The quantitative estimate of drug-likeness (QED) is 0.137. The SMILES string of the molecule is CNC[C@H](COc1ccc(Cl)c(-c2nc(-c3c(I)cnn3C)c(C)c(N3Cc4cccnc4C3)n2)c1)O[Si](C)(C)C(C)(C)C. The van der Waals surface area contributed by atoms with Gasteiger partial charge in [-0.2, -0.15) is 5.10 Å². The summed E-state index contributed by atoms with van der Waals surface area (Å²) in [6.07, 6.45) is 3.60. The minimum absolute atomic E-state index is 0.0915. The molecule has 5 rings (SSSR count). The summed E-state index contributed by atoms with van der Waals surface area (Å²) < 4.78 is 15.9. The minimum atomic E-state index is -1.98. The van der Waals surface area contributed by atoms with E-state index in [1.807, 2.05) is 55.4 Å². The molecular formula is C32H41ClIN7O2Si. The molecular weight excluding hydrogens is 705 g/mol. The maximum Gasteiger partial charge on any atom is 0.192 e. The summed E-state index contributed by atoms with van der Waals surface area (Å²) in [5.74, 6) is 2.06. The lowest BCUT2D eigenvalue weighted by molar-refractivity contribution is 0.115. The van der Waals surface area contributed by atoms with E-state index in [0.717, 1.165) is 38.6 Å². The van der Waals surface area contributed by atoms with Crippen molar-refractivity contribution in [1.29, 1.82) is 0 Å². The number of likely N-dealkylation sites (N-methyl/N-ethyl adjacent to an activating group) is 1. The Morgan fingerprint density at radius 1 is 1.16 bits per heavy atom. The van der Waals surface area contributed by atoms with E-state index in [1.165, 1.54) is 5.56 Å². The third-order valence-electron chi connectivity index (χ3n) is 8.54. The number of rotatable bonds is 10. The lowest BCUT2D eigenvalue weighted by atomic mass is 10.1. The first kappa shape index (κ1) is 32.8. The van der Waals surface area contributed by atoms with Crippen molar-refractivity contribution in [3.8, 4) is 28.5 Å². The number of nitrogens with zero attached hydrogens (tertiary/aromatic N) is 6. The van der Waals surface area contributed by atoms with Crippen LogP contribution in [0.2, 0.25) is 23.2 Å². The maximum absolute atomic E-state index is 6.84. The van der Waals surface area contributed by atoms with Crippen LogP contribution >= 0.6 is 34.2 Å². The number of aryl methyl sites for hydroxylation is 1. The van der Waals surface area contributed by atoms with Crippen molar-refractivity contribution in [2.24, 2.45) is 7.05 Å². The number of pyridine rings is 1. The third-order valence-corrected chi connectivity index (χ3v) is 14.2. The number of ether oxygens (including phenoxy) is 1. The molecule has 0 saturated heterocycles. The molecule has 1 aliphatic rings. The Bertz CT molecular complexity index is 1610. The second-order valence-corrected chi connectivity index (χ2v) is 19.1. The fourth-order valence-electron chi connectivity index (χ4n) is 5.10. The van der Waals surface area contributed by atoms with Gasteiger partial charge in [-0.05, 0) is 84.5 Å². The van der Waals surface area contributed by atoms with Crippen molar-refractivity contribution in [1.82, 2.24) is 30.0 Å². The number of nitrogens with one attached hydrogen (secondary N) is 1. The highest BCUT2D eigenvalue weighted by atomic mass is 127. The van der Waals surface area contributed by atoms with Gasteiger partial charge in [-0.3, -0.25) is 9.67 Å². The number of hydrogen-bond acceptors (Lipinski definition) is 8. The van der Waals surface area contributed by atoms with Crippen LogP contribution in [0.25, 0.3) is 22.8 Å². The Labute approximate surface area is 280 Å². The van der Waals surface area contributed by atoms with Gasteiger partial charge >= 0.3 is 0 Å².